The van der Waals surface area contributed by atoms with Crippen molar-refractivity contribution in [1.82, 2.24) is 10.2 Å². The maximum atomic E-state index is 11.8. The predicted octanol–water partition coefficient (Wildman–Crippen LogP) is 4.03. The molecule has 1 aliphatic rings. The first-order chi connectivity index (χ1) is 10.6. The van der Waals surface area contributed by atoms with Gasteiger partial charge < -0.3 is 10.6 Å². The van der Waals surface area contributed by atoms with Gasteiger partial charge in [-0.15, -0.1) is 10.2 Å². The zero-order chi connectivity index (χ0) is 15.5. The Labute approximate surface area is 137 Å². The summed E-state index contributed by atoms with van der Waals surface area (Å²) >= 11 is 3.50. The summed E-state index contributed by atoms with van der Waals surface area (Å²) < 4.78 is 1.04. The monoisotopic (exact) mass is 360 g/mol. The van der Waals surface area contributed by atoms with E-state index in [1.54, 1.807) is 12.1 Å². The molecule has 0 radical (unpaired) electrons. The van der Waals surface area contributed by atoms with Crippen molar-refractivity contribution >= 4 is 39.2 Å². The molecule has 1 aromatic carbocycles. The third-order valence-corrected chi connectivity index (χ3v) is 4.69. The van der Waals surface area contributed by atoms with Gasteiger partial charge in [0.1, 0.15) is 0 Å². The van der Waals surface area contributed by atoms with Crippen molar-refractivity contribution in [2.24, 2.45) is 5.92 Å². The molecule has 1 amide bonds. The number of carbonyl (C=O) groups is 1. The second-order valence-corrected chi connectivity index (χ2v) is 6.36. The van der Waals surface area contributed by atoms with Crippen LogP contribution in [-0.4, -0.2) is 16.1 Å². The Morgan fingerprint density at radius 3 is 2.50 bits per heavy atom. The van der Waals surface area contributed by atoms with Gasteiger partial charge in [0.15, 0.2) is 11.6 Å². The topological polar surface area (TPSA) is 66.9 Å². The van der Waals surface area contributed by atoms with E-state index in [9.17, 15) is 4.79 Å². The summed E-state index contributed by atoms with van der Waals surface area (Å²) in [6.45, 7) is 2.03. The highest BCUT2D eigenvalue weighted by atomic mass is 79.9. The number of benzene rings is 1. The highest BCUT2D eigenvalue weighted by Crippen LogP contribution is 2.27. The number of amides is 1. The van der Waals surface area contributed by atoms with Crippen molar-refractivity contribution in [3.8, 4) is 0 Å². The first kappa shape index (κ1) is 15.0. The largest absolute Gasteiger partial charge is 0.339 e. The van der Waals surface area contributed by atoms with Crippen LogP contribution < -0.4 is 10.6 Å². The molecule has 3 rings (SSSR count). The number of carbonyl (C=O) groups excluding carboxylic acids is 1. The maximum absolute atomic E-state index is 11.8. The fourth-order valence-corrected chi connectivity index (χ4v) is 2.56. The highest BCUT2D eigenvalue weighted by Gasteiger charge is 2.25. The number of rotatable bonds is 4. The van der Waals surface area contributed by atoms with Gasteiger partial charge in [-0.05, 0) is 49.6 Å². The van der Waals surface area contributed by atoms with Gasteiger partial charge >= 0.3 is 0 Å². The summed E-state index contributed by atoms with van der Waals surface area (Å²) in [4.78, 5) is 11.8. The molecule has 0 atom stereocenters. The van der Waals surface area contributed by atoms with Crippen LogP contribution in [-0.2, 0) is 4.79 Å². The van der Waals surface area contributed by atoms with Crippen molar-refractivity contribution in [2.75, 3.05) is 10.6 Å². The fraction of sp³-hybridized carbons (Fsp3) is 0.312. The summed E-state index contributed by atoms with van der Waals surface area (Å²) in [5, 5.41) is 14.1. The molecule has 2 N–H and O–H groups in total. The Morgan fingerprint density at radius 1 is 1.18 bits per heavy atom. The van der Waals surface area contributed by atoms with E-state index in [1.807, 2.05) is 25.1 Å². The molecule has 6 heteroatoms. The van der Waals surface area contributed by atoms with Gasteiger partial charge in [-0.1, -0.05) is 28.4 Å². The standard InChI is InChI=1S/C16H17BrN4O/c1-10-5-6-12(9-13(10)17)18-14-7-8-15(21-20-14)19-16(22)11-3-2-4-11/h5-9,11H,2-4H2,1H3,(H,18,20)(H,19,21,22). The number of nitrogens with one attached hydrogen (secondary N) is 2. The predicted molar refractivity (Wildman–Crippen MR) is 90.2 cm³/mol. The van der Waals surface area contributed by atoms with Crippen LogP contribution in [0.25, 0.3) is 0 Å². The van der Waals surface area contributed by atoms with Gasteiger partial charge in [0.05, 0.1) is 0 Å². The number of anilines is 3. The smallest absolute Gasteiger partial charge is 0.228 e. The lowest BCUT2D eigenvalue weighted by Gasteiger charge is -2.23. The number of aryl methyl sites for hydroxylation is 1. The molecule has 5 nitrogen and oxygen atoms in total. The van der Waals surface area contributed by atoms with Gasteiger partial charge in [-0.25, -0.2) is 0 Å². The number of aromatic nitrogens is 2. The van der Waals surface area contributed by atoms with E-state index < -0.39 is 0 Å². The van der Waals surface area contributed by atoms with E-state index in [-0.39, 0.29) is 11.8 Å². The number of halogens is 1. The van der Waals surface area contributed by atoms with Crippen molar-refractivity contribution in [3.63, 3.8) is 0 Å². The van der Waals surface area contributed by atoms with E-state index in [1.165, 1.54) is 5.56 Å². The Bertz CT molecular complexity index is 683. The van der Waals surface area contributed by atoms with Crippen LogP contribution in [0.5, 0.6) is 0 Å². The molecular weight excluding hydrogens is 344 g/mol. The number of hydrogen-bond donors (Lipinski definition) is 2. The van der Waals surface area contributed by atoms with Gasteiger partial charge in [0, 0.05) is 16.1 Å². The van der Waals surface area contributed by atoms with Crippen LogP contribution in [0.15, 0.2) is 34.8 Å². The van der Waals surface area contributed by atoms with Crippen LogP contribution in [0.1, 0.15) is 24.8 Å². The minimum atomic E-state index is 0.0451. The molecule has 0 saturated heterocycles. The van der Waals surface area contributed by atoms with E-state index in [4.69, 9.17) is 0 Å². The number of hydrogen-bond acceptors (Lipinski definition) is 4. The van der Waals surface area contributed by atoms with Crippen molar-refractivity contribution in [1.29, 1.82) is 0 Å². The molecule has 0 spiro atoms. The first-order valence-corrected chi connectivity index (χ1v) is 8.09. The van der Waals surface area contributed by atoms with Gasteiger partial charge in [0.2, 0.25) is 5.91 Å². The molecule has 2 aromatic rings. The minimum Gasteiger partial charge on any atom is -0.339 e. The summed E-state index contributed by atoms with van der Waals surface area (Å²) in [7, 11) is 0. The molecule has 1 heterocycles. The van der Waals surface area contributed by atoms with Crippen LogP contribution in [0.4, 0.5) is 17.3 Å². The summed E-state index contributed by atoms with van der Waals surface area (Å²) in [6, 6.07) is 9.55. The molecule has 0 bridgehead atoms. The molecular formula is C16H17BrN4O. The van der Waals surface area contributed by atoms with Crippen molar-refractivity contribution < 1.29 is 4.79 Å². The highest BCUT2D eigenvalue weighted by molar-refractivity contribution is 9.10. The lowest BCUT2D eigenvalue weighted by Crippen LogP contribution is -2.28. The van der Waals surface area contributed by atoms with Gasteiger partial charge in [-0.3, -0.25) is 4.79 Å². The molecule has 1 fully saturated rings. The van der Waals surface area contributed by atoms with Crippen LogP contribution >= 0.6 is 15.9 Å². The molecule has 1 saturated carbocycles. The normalized spacial score (nSPS) is 14.3. The summed E-state index contributed by atoms with van der Waals surface area (Å²) in [5.41, 5.74) is 2.10. The average molecular weight is 361 g/mol. The third kappa shape index (κ3) is 3.44. The van der Waals surface area contributed by atoms with Crippen molar-refractivity contribution in [2.45, 2.75) is 26.2 Å². The van der Waals surface area contributed by atoms with E-state index >= 15 is 0 Å². The number of nitrogens with zero attached hydrogens (tertiary/aromatic N) is 2. The molecule has 1 aliphatic carbocycles. The lowest BCUT2D eigenvalue weighted by molar-refractivity contribution is -0.122. The zero-order valence-electron chi connectivity index (χ0n) is 12.3. The Hall–Kier alpha value is -1.95. The van der Waals surface area contributed by atoms with Crippen LogP contribution in [0.3, 0.4) is 0 Å². The quantitative estimate of drug-likeness (QED) is 0.863. The molecule has 0 unspecified atom stereocenters. The molecule has 22 heavy (non-hydrogen) atoms. The SMILES string of the molecule is Cc1ccc(Nc2ccc(NC(=O)C3CCC3)nn2)cc1Br. The zero-order valence-corrected chi connectivity index (χ0v) is 13.9. The second kappa shape index (κ2) is 6.44. The second-order valence-electron chi connectivity index (χ2n) is 5.51. The summed E-state index contributed by atoms with van der Waals surface area (Å²) in [6.07, 6.45) is 3.08. The molecule has 114 valence electrons. The van der Waals surface area contributed by atoms with Gasteiger partial charge in [0.25, 0.3) is 0 Å². The van der Waals surface area contributed by atoms with E-state index in [0.29, 0.717) is 11.6 Å². The van der Waals surface area contributed by atoms with E-state index in [0.717, 1.165) is 29.4 Å². The first-order valence-electron chi connectivity index (χ1n) is 7.29. The minimum absolute atomic E-state index is 0.0451. The van der Waals surface area contributed by atoms with Crippen LogP contribution in [0.2, 0.25) is 0 Å². The third-order valence-electron chi connectivity index (χ3n) is 3.84. The fourth-order valence-electron chi connectivity index (χ4n) is 2.18. The summed E-state index contributed by atoms with van der Waals surface area (Å²) in [5.74, 6) is 1.32. The Balaban J connectivity index is 1.63. The molecule has 0 aliphatic heterocycles. The van der Waals surface area contributed by atoms with E-state index in [2.05, 4.69) is 36.8 Å². The lowest BCUT2D eigenvalue weighted by atomic mass is 9.85. The Morgan fingerprint density at radius 2 is 1.91 bits per heavy atom. The van der Waals surface area contributed by atoms with Crippen molar-refractivity contribution in [3.05, 3.63) is 40.4 Å². The molecule has 1 aromatic heterocycles. The average Bonchev–Trinajstić information content (AvgIpc) is 2.43. The van der Waals surface area contributed by atoms with Crippen LogP contribution in [0, 0.1) is 12.8 Å². The maximum Gasteiger partial charge on any atom is 0.228 e. The Kier molecular flexibility index (Phi) is 4.38. The van der Waals surface area contributed by atoms with Gasteiger partial charge in [-0.2, -0.15) is 0 Å².